The van der Waals surface area contributed by atoms with Crippen molar-refractivity contribution >= 4 is 38.7 Å². The van der Waals surface area contributed by atoms with Crippen molar-refractivity contribution in [3.8, 4) is 0 Å². The number of fused-ring (bicyclic) bond motifs is 1. The first-order valence-electron chi connectivity index (χ1n) is 7.37. The van der Waals surface area contributed by atoms with Crippen LogP contribution in [0, 0.1) is 5.92 Å². The van der Waals surface area contributed by atoms with Crippen LogP contribution in [-0.2, 0) is 14.8 Å². The Morgan fingerprint density at radius 3 is 2.67 bits per heavy atom. The highest BCUT2D eigenvalue weighted by Crippen LogP contribution is 2.42. The van der Waals surface area contributed by atoms with E-state index in [0.29, 0.717) is 10.7 Å². The van der Waals surface area contributed by atoms with Crippen LogP contribution in [0.3, 0.4) is 0 Å². The summed E-state index contributed by atoms with van der Waals surface area (Å²) < 4.78 is 26.5. The van der Waals surface area contributed by atoms with Gasteiger partial charge in [-0.05, 0) is 29.5 Å². The number of amides is 1. The van der Waals surface area contributed by atoms with Gasteiger partial charge in [-0.3, -0.25) is 9.10 Å². The van der Waals surface area contributed by atoms with E-state index in [1.165, 1.54) is 18.4 Å². The van der Waals surface area contributed by atoms with Gasteiger partial charge in [-0.15, -0.1) is 11.3 Å². The number of anilines is 1. The maximum atomic E-state index is 12.8. The van der Waals surface area contributed by atoms with Crippen molar-refractivity contribution in [1.29, 1.82) is 0 Å². The summed E-state index contributed by atoms with van der Waals surface area (Å²) in [5.74, 6) is -0.117. The lowest BCUT2D eigenvalue weighted by atomic mass is 9.98. The van der Waals surface area contributed by atoms with E-state index < -0.39 is 15.9 Å². The summed E-state index contributed by atoms with van der Waals surface area (Å²) >= 11 is 1.33. The number of carbonyl (C=O) groups is 1. The smallest absolute Gasteiger partial charge is 0.274 e. The summed E-state index contributed by atoms with van der Waals surface area (Å²) in [7, 11) is -2.32. The zero-order valence-electron chi connectivity index (χ0n) is 13.5. The molecule has 1 aliphatic heterocycles. The minimum atomic E-state index is -3.73. The van der Waals surface area contributed by atoms with Crippen LogP contribution in [0.2, 0.25) is 0 Å². The molecule has 0 radical (unpaired) electrons. The SMILES string of the molecule is CC(C)C1=C(C(=O)Nc2ccccn2)N(C)S(=O)(=O)c2ccsc21. The third kappa shape index (κ3) is 2.61. The Hall–Kier alpha value is -2.19. The molecular formula is C16H17N3O3S2. The highest BCUT2D eigenvalue weighted by molar-refractivity contribution is 7.89. The van der Waals surface area contributed by atoms with Crippen LogP contribution >= 0.6 is 11.3 Å². The Bertz CT molecular complexity index is 915. The zero-order chi connectivity index (χ0) is 17.5. The summed E-state index contributed by atoms with van der Waals surface area (Å²) in [6.07, 6.45) is 1.56. The Morgan fingerprint density at radius 1 is 1.29 bits per heavy atom. The predicted molar refractivity (Wildman–Crippen MR) is 93.9 cm³/mol. The number of likely N-dealkylation sites (N-methyl/N-ethyl adjacent to an activating group) is 1. The third-order valence-electron chi connectivity index (χ3n) is 3.78. The fourth-order valence-corrected chi connectivity index (χ4v) is 5.49. The van der Waals surface area contributed by atoms with Crippen LogP contribution in [0.5, 0.6) is 0 Å². The Morgan fingerprint density at radius 2 is 2.04 bits per heavy atom. The Balaban J connectivity index is 2.15. The lowest BCUT2D eigenvalue weighted by molar-refractivity contribution is -0.113. The molecule has 0 bridgehead atoms. The number of allylic oxidation sites excluding steroid dienone is 1. The molecule has 0 spiro atoms. The van der Waals surface area contributed by atoms with Gasteiger partial charge in [-0.1, -0.05) is 19.9 Å². The van der Waals surface area contributed by atoms with Crippen molar-refractivity contribution in [3.63, 3.8) is 0 Å². The van der Waals surface area contributed by atoms with Crippen molar-refractivity contribution in [2.24, 2.45) is 5.92 Å². The quantitative estimate of drug-likeness (QED) is 0.909. The van der Waals surface area contributed by atoms with Crippen LogP contribution < -0.4 is 5.32 Å². The van der Waals surface area contributed by atoms with Crippen LogP contribution in [0.15, 0.2) is 46.4 Å². The van der Waals surface area contributed by atoms with Gasteiger partial charge in [-0.2, -0.15) is 0 Å². The average Bonchev–Trinajstić information content (AvgIpc) is 3.01. The van der Waals surface area contributed by atoms with E-state index in [9.17, 15) is 13.2 Å². The molecule has 1 amide bonds. The van der Waals surface area contributed by atoms with Crippen molar-refractivity contribution in [1.82, 2.24) is 9.29 Å². The number of carbonyl (C=O) groups excluding carboxylic acids is 1. The summed E-state index contributed by atoms with van der Waals surface area (Å²) in [6, 6.07) is 6.73. The summed E-state index contributed by atoms with van der Waals surface area (Å²) in [4.78, 5) is 17.8. The van der Waals surface area contributed by atoms with Gasteiger partial charge in [0.05, 0.1) is 4.88 Å². The topological polar surface area (TPSA) is 79.4 Å². The Kier molecular flexibility index (Phi) is 4.18. The van der Waals surface area contributed by atoms with Gasteiger partial charge in [0.2, 0.25) is 0 Å². The van der Waals surface area contributed by atoms with E-state index in [1.54, 1.807) is 35.8 Å². The highest BCUT2D eigenvalue weighted by Gasteiger charge is 2.39. The third-order valence-corrected chi connectivity index (χ3v) is 6.66. The number of hydrogen-bond acceptors (Lipinski definition) is 5. The maximum absolute atomic E-state index is 12.8. The maximum Gasteiger partial charge on any atom is 0.274 e. The van der Waals surface area contributed by atoms with E-state index in [4.69, 9.17) is 0 Å². The average molecular weight is 363 g/mol. The monoisotopic (exact) mass is 363 g/mol. The number of sulfonamides is 1. The second-order valence-corrected chi connectivity index (χ2v) is 8.53. The molecule has 0 unspecified atom stereocenters. The van der Waals surface area contributed by atoms with Crippen molar-refractivity contribution in [2.75, 3.05) is 12.4 Å². The number of pyridine rings is 1. The van der Waals surface area contributed by atoms with Crippen LogP contribution in [0.4, 0.5) is 5.82 Å². The molecule has 0 saturated heterocycles. The van der Waals surface area contributed by atoms with E-state index >= 15 is 0 Å². The molecule has 0 aromatic carbocycles. The molecular weight excluding hydrogens is 346 g/mol. The molecule has 126 valence electrons. The molecule has 1 N–H and O–H groups in total. The summed E-state index contributed by atoms with van der Waals surface area (Å²) in [5.41, 5.74) is 0.872. The first-order chi connectivity index (χ1) is 11.3. The van der Waals surface area contributed by atoms with Gasteiger partial charge in [0, 0.05) is 18.8 Å². The molecule has 0 atom stereocenters. The summed E-state index contributed by atoms with van der Waals surface area (Å²) in [5, 5.41) is 4.41. The largest absolute Gasteiger partial charge is 0.305 e. The minimum Gasteiger partial charge on any atom is -0.305 e. The van der Waals surface area contributed by atoms with E-state index in [1.807, 2.05) is 13.8 Å². The van der Waals surface area contributed by atoms with Gasteiger partial charge in [-0.25, -0.2) is 13.4 Å². The molecule has 0 fully saturated rings. The molecule has 3 rings (SSSR count). The van der Waals surface area contributed by atoms with Gasteiger partial charge in [0.15, 0.2) is 0 Å². The fourth-order valence-electron chi connectivity index (χ4n) is 2.65. The normalized spacial score (nSPS) is 16.2. The fraction of sp³-hybridized carbons (Fsp3) is 0.250. The van der Waals surface area contributed by atoms with E-state index in [0.717, 1.165) is 9.88 Å². The highest BCUT2D eigenvalue weighted by atomic mass is 32.2. The number of nitrogens with zero attached hydrogens (tertiary/aromatic N) is 2. The second kappa shape index (κ2) is 6.03. The number of aromatic nitrogens is 1. The van der Waals surface area contributed by atoms with Crippen molar-refractivity contribution in [2.45, 2.75) is 18.7 Å². The van der Waals surface area contributed by atoms with Crippen LogP contribution in [0.25, 0.3) is 5.57 Å². The molecule has 6 nitrogen and oxygen atoms in total. The summed E-state index contributed by atoms with van der Waals surface area (Å²) in [6.45, 7) is 3.89. The van der Waals surface area contributed by atoms with Crippen molar-refractivity contribution in [3.05, 3.63) is 46.4 Å². The van der Waals surface area contributed by atoms with Gasteiger partial charge in [0.25, 0.3) is 15.9 Å². The molecule has 0 aliphatic carbocycles. The molecule has 2 aromatic rings. The lowest BCUT2D eigenvalue weighted by Gasteiger charge is -2.30. The van der Waals surface area contributed by atoms with Crippen molar-refractivity contribution < 1.29 is 13.2 Å². The second-order valence-electron chi connectivity index (χ2n) is 5.67. The van der Waals surface area contributed by atoms with Gasteiger partial charge >= 0.3 is 0 Å². The molecule has 24 heavy (non-hydrogen) atoms. The number of hydrogen-bond donors (Lipinski definition) is 1. The van der Waals surface area contributed by atoms with Crippen LogP contribution in [-0.4, -0.2) is 30.7 Å². The van der Waals surface area contributed by atoms with Crippen LogP contribution in [0.1, 0.15) is 18.7 Å². The molecule has 1 aliphatic rings. The van der Waals surface area contributed by atoms with Gasteiger partial charge < -0.3 is 5.32 Å². The Labute approximate surface area is 144 Å². The predicted octanol–water partition coefficient (Wildman–Crippen LogP) is 2.78. The lowest BCUT2D eigenvalue weighted by Crippen LogP contribution is -2.37. The van der Waals surface area contributed by atoms with E-state index in [2.05, 4.69) is 10.3 Å². The zero-order valence-corrected chi connectivity index (χ0v) is 15.1. The number of rotatable bonds is 3. The first kappa shape index (κ1) is 16.7. The standard InChI is InChI=1S/C16H17N3O3S2/c1-10(2)13-14(16(20)18-12-6-4-5-8-17-12)19(3)24(21,22)11-7-9-23-15(11)13/h4-10H,1-3H3,(H,17,18,20). The minimum absolute atomic E-state index is 0.00941. The number of thiophene rings is 1. The molecule has 0 saturated carbocycles. The molecule has 2 aromatic heterocycles. The van der Waals surface area contributed by atoms with Gasteiger partial charge in [0.1, 0.15) is 16.4 Å². The number of nitrogens with one attached hydrogen (secondary N) is 1. The molecule has 3 heterocycles. The van der Waals surface area contributed by atoms with E-state index in [-0.39, 0.29) is 16.5 Å². The first-order valence-corrected chi connectivity index (χ1v) is 9.69. The molecule has 8 heteroatoms.